The molecule has 0 spiro atoms. The number of rotatable bonds is 9. The minimum atomic E-state index is -1.10. The van der Waals surface area contributed by atoms with Crippen LogP contribution in [0.1, 0.15) is 12.8 Å². The molecule has 1 aromatic rings. The van der Waals surface area contributed by atoms with Crippen molar-refractivity contribution in [2.75, 3.05) is 33.6 Å². The number of methoxy groups -OCH3 is 1. The lowest BCUT2D eigenvalue weighted by atomic mass is 10.3. The second-order valence-corrected chi connectivity index (χ2v) is 3.78. The van der Waals surface area contributed by atoms with E-state index >= 15 is 0 Å². The van der Waals surface area contributed by atoms with Gasteiger partial charge in [0, 0.05) is 7.11 Å². The zero-order chi connectivity index (χ0) is 14.1. The highest BCUT2D eigenvalue weighted by molar-refractivity contribution is 5.35. The molecule has 1 rings (SSSR count). The summed E-state index contributed by atoms with van der Waals surface area (Å²) < 4.78 is 53.8. The van der Waals surface area contributed by atoms with E-state index in [1.54, 1.807) is 0 Å². The molecule has 6 heteroatoms. The standard InChI is InChI=1S/C13H17F3O3/c1-17-8-9-19-11-5-4-10(12(15)13(11)16)18-7-3-2-6-14/h4-5H,2-3,6-9H2,1H3. The molecule has 0 N–H and O–H groups in total. The lowest BCUT2D eigenvalue weighted by molar-refractivity contribution is 0.143. The molecule has 0 saturated heterocycles. The molecule has 0 fully saturated rings. The van der Waals surface area contributed by atoms with Gasteiger partial charge in [0.15, 0.2) is 11.5 Å². The largest absolute Gasteiger partial charge is 0.490 e. The van der Waals surface area contributed by atoms with Crippen molar-refractivity contribution < 1.29 is 27.4 Å². The molecule has 0 bridgehead atoms. The summed E-state index contributed by atoms with van der Waals surface area (Å²) in [5.41, 5.74) is 0. The van der Waals surface area contributed by atoms with Crippen LogP contribution in [0.25, 0.3) is 0 Å². The fourth-order valence-corrected chi connectivity index (χ4v) is 1.35. The fourth-order valence-electron chi connectivity index (χ4n) is 1.35. The predicted octanol–water partition coefficient (Wildman–Crippen LogP) is 3.12. The summed E-state index contributed by atoms with van der Waals surface area (Å²) in [6.45, 7) is 0.0999. The van der Waals surface area contributed by atoms with E-state index in [0.29, 0.717) is 12.8 Å². The van der Waals surface area contributed by atoms with Crippen LogP contribution in [0, 0.1) is 11.6 Å². The molecule has 0 aliphatic heterocycles. The Morgan fingerprint density at radius 3 is 2.00 bits per heavy atom. The topological polar surface area (TPSA) is 27.7 Å². The SMILES string of the molecule is COCCOc1ccc(OCCCCF)c(F)c1F. The molecule has 0 saturated carbocycles. The molecule has 1 aromatic carbocycles. The molecule has 0 unspecified atom stereocenters. The molecule has 0 atom stereocenters. The first-order chi connectivity index (χ1) is 9.20. The van der Waals surface area contributed by atoms with Crippen molar-refractivity contribution in [3.8, 4) is 11.5 Å². The summed E-state index contributed by atoms with van der Waals surface area (Å²) >= 11 is 0. The van der Waals surface area contributed by atoms with E-state index in [4.69, 9.17) is 14.2 Å². The highest BCUT2D eigenvalue weighted by Crippen LogP contribution is 2.27. The maximum absolute atomic E-state index is 13.6. The van der Waals surface area contributed by atoms with E-state index in [1.165, 1.54) is 19.2 Å². The highest BCUT2D eigenvalue weighted by Gasteiger charge is 2.15. The predicted molar refractivity (Wildman–Crippen MR) is 64.4 cm³/mol. The van der Waals surface area contributed by atoms with Crippen molar-refractivity contribution >= 4 is 0 Å². The summed E-state index contributed by atoms with van der Waals surface area (Å²) in [5, 5.41) is 0. The average Bonchev–Trinajstić information content (AvgIpc) is 2.42. The Kier molecular flexibility index (Phi) is 7.10. The van der Waals surface area contributed by atoms with Gasteiger partial charge in [0.05, 0.1) is 19.9 Å². The third kappa shape index (κ3) is 4.98. The van der Waals surface area contributed by atoms with Crippen LogP contribution in [0.4, 0.5) is 13.2 Å². The second kappa shape index (κ2) is 8.63. The normalized spacial score (nSPS) is 10.5. The van der Waals surface area contributed by atoms with E-state index in [2.05, 4.69) is 0 Å². The summed E-state index contributed by atoms with van der Waals surface area (Å²) in [4.78, 5) is 0. The Morgan fingerprint density at radius 1 is 0.895 bits per heavy atom. The second-order valence-electron chi connectivity index (χ2n) is 3.78. The van der Waals surface area contributed by atoms with E-state index in [9.17, 15) is 13.2 Å². The van der Waals surface area contributed by atoms with Crippen LogP contribution in [0.5, 0.6) is 11.5 Å². The Labute approximate surface area is 110 Å². The Balaban J connectivity index is 2.58. The van der Waals surface area contributed by atoms with Gasteiger partial charge in [-0.15, -0.1) is 0 Å². The Morgan fingerprint density at radius 2 is 1.47 bits per heavy atom. The number of hydrogen-bond acceptors (Lipinski definition) is 3. The number of ether oxygens (including phenoxy) is 3. The number of hydrogen-bond donors (Lipinski definition) is 0. The molecule has 0 aliphatic rings. The van der Waals surface area contributed by atoms with E-state index < -0.39 is 18.3 Å². The summed E-state index contributed by atoms with van der Waals surface area (Å²) in [6, 6.07) is 2.58. The van der Waals surface area contributed by atoms with Gasteiger partial charge in [-0.1, -0.05) is 0 Å². The van der Waals surface area contributed by atoms with Crippen molar-refractivity contribution in [1.82, 2.24) is 0 Å². The Hall–Kier alpha value is -1.43. The quantitative estimate of drug-likeness (QED) is 0.650. The van der Waals surface area contributed by atoms with Crippen LogP contribution in [0.15, 0.2) is 12.1 Å². The Bertz CT molecular complexity index is 386. The monoisotopic (exact) mass is 278 g/mol. The van der Waals surface area contributed by atoms with Gasteiger partial charge in [-0.25, -0.2) is 0 Å². The van der Waals surface area contributed by atoms with Crippen LogP contribution >= 0.6 is 0 Å². The minimum absolute atomic E-state index is 0.129. The fraction of sp³-hybridized carbons (Fsp3) is 0.538. The van der Waals surface area contributed by atoms with Crippen molar-refractivity contribution in [1.29, 1.82) is 0 Å². The first-order valence-corrected chi connectivity index (χ1v) is 5.99. The third-order valence-electron chi connectivity index (χ3n) is 2.34. The smallest absolute Gasteiger partial charge is 0.204 e. The highest BCUT2D eigenvalue weighted by atomic mass is 19.2. The first-order valence-electron chi connectivity index (χ1n) is 5.99. The molecule has 19 heavy (non-hydrogen) atoms. The molecule has 0 aromatic heterocycles. The van der Waals surface area contributed by atoms with Gasteiger partial charge in [0.2, 0.25) is 11.6 Å². The molecule has 0 radical (unpaired) electrons. The van der Waals surface area contributed by atoms with E-state index in [-0.39, 0.29) is 31.3 Å². The van der Waals surface area contributed by atoms with Gasteiger partial charge in [0.25, 0.3) is 0 Å². The summed E-state index contributed by atoms with van der Waals surface area (Å²) in [6.07, 6.45) is 0.784. The summed E-state index contributed by atoms with van der Waals surface area (Å²) in [7, 11) is 1.48. The number of benzene rings is 1. The molecule has 0 heterocycles. The lowest BCUT2D eigenvalue weighted by Crippen LogP contribution is -2.07. The minimum Gasteiger partial charge on any atom is -0.490 e. The van der Waals surface area contributed by atoms with Crippen molar-refractivity contribution in [3.05, 3.63) is 23.8 Å². The molecule has 108 valence electrons. The first kappa shape index (κ1) is 15.6. The van der Waals surface area contributed by atoms with Crippen LogP contribution in [-0.4, -0.2) is 33.6 Å². The zero-order valence-electron chi connectivity index (χ0n) is 10.8. The van der Waals surface area contributed by atoms with Crippen molar-refractivity contribution in [2.24, 2.45) is 0 Å². The van der Waals surface area contributed by atoms with Crippen molar-refractivity contribution in [3.63, 3.8) is 0 Å². The van der Waals surface area contributed by atoms with E-state index in [1.807, 2.05) is 0 Å². The van der Waals surface area contributed by atoms with Gasteiger partial charge in [-0.05, 0) is 25.0 Å². The number of halogens is 3. The van der Waals surface area contributed by atoms with Crippen LogP contribution < -0.4 is 9.47 Å². The van der Waals surface area contributed by atoms with Gasteiger partial charge < -0.3 is 14.2 Å². The molecule has 3 nitrogen and oxygen atoms in total. The summed E-state index contributed by atoms with van der Waals surface area (Å²) in [5.74, 6) is -2.59. The maximum Gasteiger partial charge on any atom is 0.204 e. The van der Waals surface area contributed by atoms with Gasteiger partial charge >= 0.3 is 0 Å². The molecule has 0 amide bonds. The van der Waals surface area contributed by atoms with Gasteiger partial charge in [0.1, 0.15) is 6.61 Å². The van der Waals surface area contributed by atoms with Crippen molar-refractivity contribution in [2.45, 2.75) is 12.8 Å². The molecule has 0 aliphatic carbocycles. The van der Waals surface area contributed by atoms with Crippen LogP contribution in [0.3, 0.4) is 0 Å². The maximum atomic E-state index is 13.6. The van der Waals surface area contributed by atoms with E-state index in [0.717, 1.165) is 0 Å². The van der Waals surface area contributed by atoms with Crippen LogP contribution in [0.2, 0.25) is 0 Å². The van der Waals surface area contributed by atoms with Crippen LogP contribution in [-0.2, 0) is 4.74 Å². The average molecular weight is 278 g/mol. The lowest BCUT2D eigenvalue weighted by Gasteiger charge is -2.11. The molecular formula is C13H17F3O3. The third-order valence-corrected chi connectivity index (χ3v) is 2.34. The van der Waals surface area contributed by atoms with Gasteiger partial charge in [-0.3, -0.25) is 4.39 Å². The number of unbranched alkanes of at least 4 members (excludes halogenated alkanes) is 1. The number of alkyl halides is 1. The molecular weight excluding hydrogens is 261 g/mol. The van der Waals surface area contributed by atoms with Gasteiger partial charge in [-0.2, -0.15) is 8.78 Å². The zero-order valence-corrected chi connectivity index (χ0v) is 10.8.